The molecule has 8 nitrogen and oxygen atoms in total. The number of aromatic nitrogens is 2. The zero-order valence-corrected chi connectivity index (χ0v) is 18.2. The van der Waals surface area contributed by atoms with Gasteiger partial charge in [0.15, 0.2) is 5.78 Å². The van der Waals surface area contributed by atoms with Gasteiger partial charge in [0.05, 0.1) is 16.7 Å². The van der Waals surface area contributed by atoms with Crippen LogP contribution in [0.2, 0.25) is 0 Å². The first-order valence-electron chi connectivity index (χ1n) is 9.81. The molecule has 0 radical (unpaired) electrons. The van der Waals surface area contributed by atoms with Crippen molar-refractivity contribution in [2.75, 3.05) is 0 Å². The average Bonchev–Trinajstić information content (AvgIpc) is 3.06. The fourth-order valence-electron chi connectivity index (χ4n) is 3.20. The Morgan fingerprint density at radius 1 is 1.17 bits per heavy atom. The number of carbonyl (C=O) groups is 2. The van der Waals surface area contributed by atoms with Crippen molar-refractivity contribution < 1.29 is 19.2 Å². The van der Waals surface area contributed by atoms with Gasteiger partial charge < -0.3 is 4.74 Å². The Labute approximate surface area is 175 Å². The molecule has 0 saturated heterocycles. The molecule has 8 heteroatoms. The Morgan fingerprint density at radius 2 is 1.83 bits per heavy atom. The lowest BCUT2D eigenvalue weighted by Gasteiger charge is -2.14. The molecule has 1 aromatic heterocycles. The summed E-state index contributed by atoms with van der Waals surface area (Å²) in [7, 11) is 0. The van der Waals surface area contributed by atoms with Gasteiger partial charge in [-0.1, -0.05) is 18.9 Å². The summed E-state index contributed by atoms with van der Waals surface area (Å²) in [6.45, 7) is 11.0. The minimum Gasteiger partial charge on any atom is -0.407 e. The lowest BCUT2D eigenvalue weighted by atomic mass is 9.90. The number of nitrogens with zero attached hydrogens (tertiary/aromatic N) is 3. The van der Waals surface area contributed by atoms with Gasteiger partial charge in [0, 0.05) is 25.1 Å². The number of nitro benzene ring substituents is 1. The van der Waals surface area contributed by atoms with E-state index in [1.807, 2.05) is 20.8 Å². The summed E-state index contributed by atoms with van der Waals surface area (Å²) in [4.78, 5) is 36.1. The minimum absolute atomic E-state index is 0.0541. The molecule has 0 N–H and O–H groups in total. The molecule has 0 unspecified atom stereocenters. The summed E-state index contributed by atoms with van der Waals surface area (Å²) < 4.78 is 6.80. The van der Waals surface area contributed by atoms with E-state index in [1.165, 1.54) is 29.9 Å². The second-order valence-electron chi connectivity index (χ2n) is 7.38. The summed E-state index contributed by atoms with van der Waals surface area (Å²) in [6, 6.07) is 2.79. The first kappa shape index (κ1) is 23.0. The maximum atomic E-state index is 13.4. The van der Waals surface area contributed by atoms with Crippen molar-refractivity contribution in [2.24, 2.45) is 0 Å². The number of hydrogen-bond acceptors (Lipinski definition) is 6. The number of esters is 1. The smallest absolute Gasteiger partial charge is 0.309 e. The van der Waals surface area contributed by atoms with Crippen molar-refractivity contribution >= 4 is 23.0 Å². The maximum Gasteiger partial charge on any atom is 0.309 e. The zero-order chi connectivity index (χ0) is 22.6. The Morgan fingerprint density at radius 3 is 2.37 bits per heavy atom. The Bertz CT molecular complexity index is 1030. The Balaban J connectivity index is 2.66. The van der Waals surface area contributed by atoms with E-state index in [0.717, 1.165) is 24.0 Å². The molecule has 0 atom stereocenters. The third-order valence-corrected chi connectivity index (χ3v) is 5.01. The van der Waals surface area contributed by atoms with Crippen molar-refractivity contribution in [3.63, 3.8) is 0 Å². The van der Waals surface area contributed by atoms with E-state index < -0.39 is 16.7 Å². The van der Waals surface area contributed by atoms with Crippen molar-refractivity contribution in [2.45, 2.75) is 60.9 Å². The quantitative estimate of drug-likeness (QED) is 0.265. The number of rotatable bonds is 8. The molecule has 0 amide bonds. The molecule has 0 aliphatic carbocycles. The highest BCUT2D eigenvalue weighted by Crippen LogP contribution is 2.34. The van der Waals surface area contributed by atoms with E-state index in [4.69, 9.17) is 4.74 Å². The number of aryl methyl sites for hydroxylation is 1. The van der Waals surface area contributed by atoms with Crippen LogP contribution < -0.4 is 4.74 Å². The number of unbranched alkanes of at least 4 members (excludes halogenated alkanes) is 1. The summed E-state index contributed by atoms with van der Waals surface area (Å²) >= 11 is 0. The molecule has 2 aromatic rings. The SMILES string of the molecule is CCCCn1ncc(C(=O)c2ccc([N+](=O)[O-])c(C(C)=C(C)C)c2C)c1OC(C)=O. The van der Waals surface area contributed by atoms with E-state index in [1.54, 1.807) is 13.8 Å². The average molecular weight is 413 g/mol. The van der Waals surface area contributed by atoms with Crippen molar-refractivity contribution in [1.29, 1.82) is 0 Å². The van der Waals surface area contributed by atoms with Crippen LogP contribution in [0.25, 0.3) is 5.57 Å². The van der Waals surface area contributed by atoms with Crippen LogP contribution in [-0.2, 0) is 11.3 Å². The molecule has 0 saturated carbocycles. The van der Waals surface area contributed by atoms with Gasteiger partial charge in [0.2, 0.25) is 5.88 Å². The second kappa shape index (κ2) is 9.47. The first-order valence-corrected chi connectivity index (χ1v) is 9.81. The maximum absolute atomic E-state index is 13.4. The van der Waals surface area contributed by atoms with Gasteiger partial charge in [-0.2, -0.15) is 5.10 Å². The van der Waals surface area contributed by atoms with Gasteiger partial charge >= 0.3 is 5.97 Å². The highest BCUT2D eigenvalue weighted by Gasteiger charge is 2.27. The van der Waals surface area contributed by atoms with Crippen LogP contribution in [0.5, 0.6) is 5.88 Å². The summed E-state index contributed by atoms with van der Waals surface area (Å²) in [5.41, 5.74) is 2.99. The van der Waals surface area contributed by atoms with Gasteiger partial charge in [0.25, 0.3) is 5.69 Å². The number of nitro groups is 1. The van der Waals surface area contributed by atoms with Crippen LogP contribution in [0.15, 0.2) is 23.9 Å². The fraction of sp³-hybridized carbons (Fsp3) is 0.409. The number of ether oxygens (including phenoxy) is 1. The van der Waals surface area contributed by atoms with Crippen molar-refractivity contribution in [3.05, 3.63) is 56.3 Å². The molecule has 0 aliphatic heterocycles. The normalized spacial score (nSPS) is 10.6. The van der Waals surface area contributed by atoms with E-state index in [0.29, 0.717) is 23.2 Å². The van der Waals surface area contributed by atoms with E-state index in [-0.39, 0.29) is 17.1 Å². The lowest BCUT2D eigenvalue weighted by Crippen LogP contribution is -2.13. The summed E-state index contributed by atoms with van der Waals surface area (Å²) in [6.07, 6.45) is 3.10. The van der Waals surface area contributed by atoms with E-state index >= 15 is 0 Å². The molecule has 0 spiro atoms. The van der Waals surface area contributed by atoms with Crippen LogP contribution in [-0.4, -0.2) is 26.5 Å². The lowest BCUT2D eigenvalue weighted by molar-refractivity contribution is -0.385. The van der Waals surface area contributed by atoms with E-state index in [2.05, 4.69) is 5.10 Å². The number of carbonyl (C=O) groups excluding carboxylic acids is 2. The first-order chi connectivity index (χ1) is 14.1. The number of benzene rings is 1. The molecule has 30 heavy (non-hydrogen) atoms. The zero-order valence-electron chi connectivity index (χ0n) is 18.2. The largest absolute Gasteiger partial charge is 0.407 e. The highest BCUT2D eigenvalue weighted by molar-refractivity contribution is 6.12. The number of hydrogen-bond donors (Lipinski definition) is 0. The number of ketones is 1. The third kappa shape index (κ3) is 4.64. The molecular formula is C22H27N3O5. The molecule has 0 fully saturated rings. The molecular weight excluding hydrogens is 386 g/mol. The fourth-order valence-corrected chi connectivity index (χ4v) is 3.20. The van der Waals surface area contributed by atoms with Crippen LogP contribution in [0, 0.1) is 17.0 Å². The summed E-state index contributed by atoms with van der Waals surface area (Å²) in [5.74, 6) is -0.854. The summed E-state index contributed by atoms with van der Waals surface area (Å²) in [5, 5.41) is 15.8. The van der Waals surface area contributed by atoms with Crippen molar-refractivity contribution in [1.82, 2.24) is 9.78 Å². The standard InChI is InChI=1S/C22H27N3O5/c1-7-8-11-24-22(30-16(6)26)18(12-23-24)21(27)17-9-10-19(25(28)29)20(15(17)5)14(4)13(2)3/h9-10,12H,7-8,11H2,1-6H3. The molecule has 0 aliphatic rings. The van der Waals surface area contributed by atoms with Gasteiger partial charge in [-0.15, -0.1) is 0 Å². The van der Waals surface area contributed by atoms with Crippen LogP contribution >= 0.6 is 0 Å². The third-order valence-electron chi connectivity index (χ3n) is 5.01. The molecule has 1 aromatic carbocycles. The molecule has 0 bridgehead atoms. The van der Waals surface area contributed by atoms with Crippen LogP contribution in [0.1, 0.15) is 74.5 Å². The predicted octanol–water partition coefficient (Wildman–Crippen LogP) is 4.87. The van der Waals surface area contributed by atoms with Gasteiger partial charge in [-0.05, 0) is 51.3 Å². The Hall–Kier alpha value is -3.29. The molecule has 1 heterocycles. The van der Waals surface area contributed by atoms with Crippen molar-refractivity contribution in [3.8, 4) is 5.88 Å². The van der Waals surface area contributed by atoms with Gasteiger partial charge in [-0.25, -0.2) is 4.68 Å². The van der Waals surface area contributed by atoms with Crippen LogP contribution in [0.4, 0.5) is 5.69 Å². The molecule has 160 valence electrons. The second-order valence-corrected chi connectivity index (χ2v) is 7.38. The van der Waals surface area contributed by atoms with Gasteiger partial charge in [0.1, 0.15) is 5.56 Å². The Kier molecular flexibility index (Phi) is 7.26. The highest BCUT2D eigenvalue weighted by atomic mass is 16.6. The predicted molar refractivity (Wildman–Crippen MR) is 114 cm³/mol. The minimum atomic E-state index is -0.552. The van der Waals surface area contributed by atoms with E-state index in [9.17, 15) is 19.7 Å². The topological polar surface area (TPSA) is 104 Å². The van der Waals surface area contributed by atoms with Gasteiger partial charge in [-0.3, -0.25) is 19.7 Å². The number of allylic oxidation sites excluding steroid dienone is 2. The molecule has 2 rings (SSSR count). The monoisotopic (exact) mass is 413 g/mol. The van der Waals surface area contributed by atoms with Crippen LogP contribution in [0.3, 0.4) is 0 Å².